The lowest BCUT2D eigenvalue weighted by atomic mass is 9.94. The summed E-state index contributed by atoms with van der Waals surface area (Å²) in [5.74, 6) is 0.253. The summed E-state index contributed by atoms with van der Waals surface area (Å²) in [6, 6.07) is 4.25. The maximum absolute atomic E-state index is 12.4. The van der Waals surface area contributed by atoms with Crippen LogP contribution in [0.25, 0.3) is 0 Å². The summed E-state index contributed by atoms with van der Waals surface area (Å²) in [4.78, 5) is 12.4. The zero-order chi connectivity index (χ0) is 17.3. The summed E-state index contributed by atoms with van der Waals surface area (Å²) in [5.41, 5.74) is 1.78. The van der Waals surface area contributed by atoms with E-state index in [4.69, 9.17) is 9.47 Å². The molecule has 1 atom stereocenters. The minimum atomic E-state index is -0.590. The van der Waals surface area contributed by atoms with Crippen LogP contribution in [-0.4, -0.2) is 45.5 Å². The molecule has 9 heteroatoms. The van der Waals surface area contributed by atoms with E-state index in [1.165, 1.54) is 25.0 Å². The molecule has 0 spiro atoms. The van der Waals surface area contributed by atoms with Crippen molar-refractivity contribution in [3.63, 3.8) is 0 Å². The van der Waals surface area contributed by atoms with Gasteiger partial charge >= 0.3 is 5.97 Å². The average Bonchev–Trinajstić information content (AvgIpc) is 3.08. The van der Waals surface area contributed by atoms with Crippen LogP contribution in [0.5, 0.6) is 11.5 Å². The van der Waals surface area contributed by atoms with Gasteiger partial charge < -0.3 is 19.9 Å². The van der Waals surface area contributed by atoms with E-state index in [0.29, 0.717) is 35.0 Å². The van der Waals surface area contributed by atoms with Crippen LogP contribution in [0.2, 0.25) is 0 Å². The highest BCUT2D eigenvalue weighted by molar-refractivity contribution is 5.92. The molecule has 0 saturated carbocycles. The van der Waals surface area contributed by atoms with Crippen molar-refractivity contribution in [1.29, 1.82) is 0 Å². The van der Waals surface area contributed by atoms with Crippen LogP contribution in [0.1, 0.15) is 24.9 Å². The molecule has 3 rings (SSSR count). The fourth-order valence-corrected chi connectivity index (χ4v) is 2.74. The smallest absolute Gasteiger partial charge is 0.338 e. The number of tetrazole rings is 1. The van der Waals surface area contributed by atoms with Gasteiger partial charge in [-0.2, -0.15) is 4.68 Å². The van der Waals surface area contributed by atoms with E-state index >= 15 is 0 Å². The van der Waals surface area contributed by atoms with Crippen LogP contribution in [0.4, 0.5) is 5.95 Å². The number of phenols is 1. The van der Waals surface area contributed by atoms with Crippen molar-refractivity contribution in [2.24, 2.45) is 0 Å². The quantitative estimate of drug-likeness (QED) is 0.805. The van der Waals surface area contributed by atoms with Crippen LogP contribution >= 0.6 is 0 Å². The minimum absolute atomic E-state index is 0.00596. The average molecular weight is 331 g/mol. The molecule has 0 amide bonds. The Morgan fingerprint density at radius 1 is 1.42 bits per heavy atom. The summed E-state index contributed by atoms with van der Waals surface area (Å²) < 4.78 is 11.6. The fraction of sp³-hybridized carbons (Fsp3) is 0.333. The molecule has 0 saturated heterocycles. The molecule has 2 aromatic rings. The number of nitrogens with zero attached hydrogens (tertiary/aromatic N) is 4. The first-order chi connectivity index (χ1) is 11.6. The SMILES string of the molecule is CCC1=C(C(=O)OC)[C@@H](c2ccc(O)c(OC)c2)n2nnnc2N1. The molecule has 0 unspecified atom stereocenters. The molecule has 2 N–H and O–H groups in total. The van der Waals surface area contributed by atoms with Gasteiger partial charge in [0.1, 0.15) is 6.04 Å². The Labute approximate surface area is 137 Å². The number of rotatable bonds is 4. The van der Waals surface area contributed by atoms with Crippen molar-refractivity contribution in [2.75, 3.05) is 19.5 Å². The zero-order valence-electron chi connectivity index (χ0n) is 13.5. The number of fused-ring (bicyclic) bond motifs is 1. The third-order valence-corrected chi connectivity index (χ3v) is 3.88. The summed E-state index contributed by atoms with van der Waals surface area (Å²) in [5, 5.41) is 24.5. The number of carbonyl (C=O) groups is 1. The van der Waals surface area contributed by atoms with Gasteiger partial charge in [-0.3, -0.25) is 0 Å². The van der Waals surface area contributed by atoms with Crippen LogP contribution in [-0.2, 0) is 9.53 Å². The van der Waals surface area contributed by atoms with Gasteiger partial charge in [0.15, 0.2) is 11.5 Å². The van der Waals surface area contributed by atoms with Gasteiger partial charge in [-0.25, -0.2) is 4.79 Å². The summed E-state index contributed by atoms with van der Waals surface area (Å²) in [6.45, 7) is 1.92. The highest BCUT2D eigenvalue weighted by atomic mass is 16.5. The topological polar surface area (TPSA) is 111 Å². The Balaban J connectivity index is 2.21. The molecule has 1 aliphatic rings. The number of nitrogens with one attached hydrogen (secondary N) is 1. The molecule has 24 heavy (non-hydrogen) atoms. The van der Waals surface area contributed by atoms with Gasteiger partial charge in [-0.15, -0.1) is 0 Å². The largest absolute Gasteiger partial charge is 0.504 e. The molecule has 2 heterocycles. The Morgan fingerprint density at radius 3 is 2.88 bits per heavy atom. The number of aromatic hydroxyl groups is 1. The molecule has 0 bridgehead atoms. The third-order valence-electron chi connectivity index (χ3n) is 3.88. The highest BCUT2D eigenvalue weighted by Gasteiger charge is 2.35. The number of esters is 1. The minimum Gasteiger partial charge on any atom is -0.504 e. The van der Waals surface area contributed by atoms with Gasteiger partial charge in [0.25, 0.3) is 0 Å². The van der Waals surface area contributed by atoms with E-state index < -0.39 is 12.0 Å². The second-order valence-electron chi connectivity index (χ2n) is 5.14. The van der Waals surface area contributed by atoms with Crippen molar-refractivity contribution >= 4 is 11.9 Å². The van der Waals surface area contributed by atoms with Crippen molar-refractivity contribution in [3.8, 4) is 11.5 Å². The predicted octanol–water partition coefficient (Wildman–Crippen LogP) is 1.24. The molecule has 126 valence electrons. The zero-order valence-corrected chi connectivity index (χ0v) is 13.5. The molecule has 1 aromatic carbocycles. The third kappa shape index (κ3) is 2.43. The standard InChI is InChI=1S/C15H17N5O4/c1-4-9-12(14(22)24-3)13(20-15(16-9)17-18-19-20)8-5-6-10(21)11(7-8)23-2/h5-7,13,21H,4H2,1-3H3,(H,16,17,19)/t13-/m1/s1. The molecule has 1 aliphatic heterocycles. The van der Waals surface area contributed by atoms with E-state index in [9.17, 15) is 9.90 Å². The lowest BCUT2D eigenvalue weighted by Crippen LogP contribution is -2.30. The number of anilines is 1. The molecule has 1 aromatic heterocycles. The summed E-state index contributed by atoms with van der Waals surface area (Å²) in [6.07, 6.45) is 0.572. The van der Waals surface area contributed by atoms with Crippen molar-refractivity contribution in [1.82, 2.24) is 20.2 Å². The van der Waals surface area contributed by atoms with Crippen LogP contribution in [0, 0.1) is 0 Å². The molecular weight excluding hydrogens is 314 g/mol. The first kappa shape index (κ1) is 15.8. The first-order valence-corrected chi connectivity index (χ1v) is 7.33. The molecule has 0 aliphatic carbocycles. The van der Waals surface area contributed by atoms with E-state index in [-0.39, 0.29) is 5.75 Å². The van der Waals surface area contributed by atoms with E-state index in [1.807, 2.05) is 6.92 Å². The Kier molecular flexibility index (Phi) is 4.07. The van der Waals surface area contributed by atoms with Crippen LogP contribution < -0.4 is 10.1 Å². The van der Waals surface area contributed by atoms with Gasteiger partial charge in [0, 0.05) is 5.70 Å². The monoisotopic (exact) mass is 331 g/mol. The second kappa shape index (κ2) is 6.19. The molecule has 0 fully saturated rings. The van der Waals surface area contributed by atoms with Gasteiger partial charge in [-0.05, 0) is 34.5 Å². The Morgan fingerprint density at radius 2 is 2.21 bits per heavy atom. The maximum atomic E-state index is 12.4. The number of phenolic OH excluding ortho intramolecular Hbond substituents is 1. The van der Waals surface area contributed by atoms with Gasteiger partial charge in [0.05, 0.1) is 19.8 Å². The molecular formula is C15H17N5O4. The second-order valence-corrected chi connectivity index (χ2v) is 5.14. The number of carbonyl (C=O) groups excluding carboxylic acids is 1. The normalized spacial score (nSPS) is 16.4. The fourth-order valence-electron chi connectivity index (χ4n) is 2.74. The first-order valence-electron chi connectivity index (χ1n) is 7.33. The number of methoxy groups -OCH3 is 2. The van der Waals surface area contributed by atoms with Gasteiger partial charge in [0.2, 0.25) is 5.95 Å². The van der Waals surface area contributed by atoms with E-state index in [0.717, 1.165) is 0 Å². The number of aromatic nitrogens is 4. The van der Waals surface area contributed by atoms with E-state index in [1.54, 1.807) is 12.1 Å². The number of hydrogen-bond acceptors (Lipinski definition) is 8. The lowest BCUT2D eigenvalue weighted by Gasteiger charge is -2.28. The van der Waals surface area contributed by atoms with Crippen molar-refractivity contribution in [2.45, 2.75) is 19.4 Å². The highest BCUT2D eigenvalue weighted by Crippen LogP contribution is 2.38. The molecule has 0 radical (unpaired) electrons. The molecule has 9 nitrogen and oxygen atoms in total. The van der Waals surface area contributed by atoms with Crippen molar-refractivity contribution < 1.29 is 19.4 Å². The Bertz CT molecular complexity index is 814. The number of ether oxygens (including phenoxy) is 2. The van der Waals surface area contributed by atoms with E-state index in [2.05, 4.69) is 20.8 Å². The van der Waals surface area contributed by atoms with Crippen LogP contribution in [0.3, 0.4) is 0 Å². The van der Waals surface area contributed by atoms with Crippen LogP contribution in [0.15, 0.2) is 29.5 Å². The number of benzene rings is 1. The lowest BCUT2D eigenvalue weighted by molar-refractivity contribution is -0.136. The van der Waals surface area contributed by atoms with Crippen molar-refractivity contribution in [3.05, 3.63) is 35.0 Å². The summed E-state index contributed by atoms with van der Waals surface area (Å²) in [7, 11) is 2.78. The van der Waals surface area contributed by atoms with Gasteiger partial charge in [-0.1, -0.05) is 18.1 Å². The number of hydrogen-bond donors (Lipinski definition) is 2. The summed E-state index contributed by atoms with van der Waals surface area (Å²) >= 11 is 0. The predicted molar refractivity (Wildman–Crippen MR) is 83.6 cm³/mol. The Hall–Kier alpha value is -3.10. The maximum Gasteiger partial charge on any atom is 0.338 e. The number of allylic oxidation sites excluding steroid dienone is 1.